The Morgan fingerprint density at radius 3 is 1.22 bits per heavy atom. The van der Waals surface area contributed by atoms with E-state index in [2.05, 4.69) is 80.4 Å². The summed E-state index contributed by atoms with van der Waals surface area (Å²) in [5, 5.41) is 11.3. The van der Waals surface area contributed by atoms with Crippen LogP contribution < -0.4 is 9.80 Å². The van der Waals surface area contributed by atoms with Gasteiger partial charge in [0.1, 0.15) is 0 Å². The Morgan fingerprint density at radius 1 is 0.524 bits per heavy atom. The molecule has 0 aliphatic carbocycles. The van der Waals surface area contributed by atoms with Crippen molar-refractivity contribution in [2.24, 2.45) is 0 Å². The molecule has 2 aliphatic rings. The van der Waals surface area contributed by atoms with E-state index in [-0.39, 0.29) is 18.0 Å². The molecule has 0 atom stereocenters. The minimum atomic E-state index is -3.19. The number of esters is 2. The van der Waals surface area contributed by atoms with Crippen LogP contribution in [0.1, 0.15) is 86.2 Å². The van der Waals surface area contributed by atoms with Gasteiger partial charge in [-0.05, 0) is 150 Å². The lowest BCUT2D eigenvalue weighted by Crippen LogP contribution is -2.48. The normalized spacial score (nSPS) is 13.8. The topological polar surface area (TPSA) is 195 Å². The smallest absolute Gasteiger partial charge is 0.357 e. The Labute approximate surface area is 487 Å². The highest BCUT2D eigenvalue weighted by molar-refractivity contribution is 8.13. The summed E-state index contributed by atoms with van der Waals surface area (Å²) in [6, 6.07) is 39.9. The highest BCUT2D eigenvalue weighted by Crippen LogP contribution is 2.36. The fourth-order valence-electron chi connectivity index (χ4n) is 9.96. The van der Waals surface area contributed by atoms with Gasteiger partial charge in [0, 0.05) is 61.3 Å². The van der Waals surface area contributed by atoms with E-state index < -0.39 is 31.0 Å². The number of benzene rings is 4. The Bertz CT molecular complexity index is 3630. The molecule has 0 spiro atoms. The van der Waals surface area contributed by atoms with Crippen molar-refractivity contribution in [3.63, 3.8) is 0 Å². The summed E-state index contributed by atoms with van der Waals surface area (Å²) in [5.74, 6) is -0.909. The van der Waals surface area contributed by atoms with Gasteiger partial charge in [-0.3, -0.25) is 0 Å². The summed E-state index contributed by atoms with van der Waals surface area (Å²) in [6.07, 6.45) is 5.97. The minimum Gasteiger partial charge on any atom is -0.461 e. The third kappa shape index (κ3) is 16.1. The van der Waals surface area contributed by atoms with Crippen LogP contribution in [-0.4, -0.2) is 152 Å². The molecule has 82 heavy (non-hydrogen) atoms. The van der Waals surface area contributed by atoms with E-state index in [0.29, 0.717) is 44.1 Å². The molecule has 18 nitrogen and oxygen atoms in total. The molecule has 0 N–H and O–H groups in total. The van der Waals surface area contributed by atoms with Gasteiger partial charge in [0.25, 0.3) is 0 Å². The molecule has 21 heteroatoms. The molecular weight excluding hydrogens is 1100 g/mol. The van der Waals surface area contributed by atoms with Crippen LogP contribution in [0.2, 0.25) is 0 Å². The van der Waals surface area contributed by atoms with Crippen LogP contribution in [0.5, 0.6) is 0 Å². The highest BCUT2D eigenvalue weighted by atomic mass is 35.7. The summed E-state index contributed by atoms with van der Waals surface area (Å²) in [4.78, 5) is 41.7. The number of para-hydroxylation sites is 2. The third-order valence-corrected chi connectivity index (χ3v) is 15.4. The van der Waals surface area contributed by atoms with Gasteiger partial charge in [0.05, 0.1) is 59.3 Å². The second kappa shape index (κ2) is 28.6. The molecule has 0 saturated carbocycles. The zero-order chi connectivity index (χ0) is 59.1. The summed E-state index contributed by atoms with van der Waals surface area (Å²) < 4.78 is 58.1. The van der Waals surface area contributed by atoms with Crippen LogP contribution in [-0.2, 0) is 28.5 Å². The van der Waals surface area contributed by atoms with Gasteiger partial charge in [0.15, 0.2) is 22.7 Å². The Balaban J connectivity index is 0.000000198. The number of nitrogens with zero attached hydrogens (tertiary/aromatic N) is 10. The van der Waals surface area contributed by atoms with Crippen LogP contribution in [0, 0.1) is 13.8 Å². The standard InChI is InChI=1S/C27H29N5O4S.C27H28N4O2.C6H15N.CH3ClO2S/c1-4-36-27(33)24-18-23(25-19(2)29-32(26(25)28-24)22-8-6-5-7-9-22)20-10-12-21(13-11-20)30-14-16-31(17-15-30)37(3,34)35;1-3-33-27(32)24-18-23(20-12-14-21(15-13-20)30-16-8-5-9-17-30)25-19(2)29-31(26(25)28-24)22-10-6-4-7-11-22;1-4-7(5-2)6-3;1-5(2,3)4/h5-13,18H,4,14-17H2,1-3H3;4,6-7,10-15,18H,3,5,8-9,16-17H2,1-2H3;4-6H2,1-3H3;1H3. The molecule has 8 aromatic rings. The number of pyridine rings is 2. The Morgan fingerprint density at radius 2 is 0.890 bits per heavy atom. The van der Waals surface area contributed by atoms with Gasteiger partial charge in [0.2, 0.25) is 19.1 Å². The number of carbonyl (C=O) groups excluding carboxylic acids is 2. The van der Waals surface area contributed by atoms with Gasteiger partial charge in [-0.15, -0.1) is 0 Å². The molecule has 0 radical (unpaired) electrons. The van der Waals surface area contributed by atoms with Crippen molar-refractivity contribution in [3.8, 4) is 33.6 Å². The average molecular weight is 1180 g/mol. The number of anilines is 2. The number of ether oxygens (including phenoxy) is 2. The largest absolute Gasteiger partial charge is 0.461 e. The maximum atomic E-state index is 12.7. The zero-order valence-corrected chi connectivity index (χ0v) is 50.8. The van der Waals surface area contributed by atoms with E-state index >= 15 is 0 Å². The summed E-state index contributed by atoms with van der Waals surface area (Å²) >= 11 is 0. The molecule has 0 bridgehead atoms. The molecule has 2 aliphatic heterocycles. The van der Waals surface area contributed by atoms with E-state index in [1.807, 2.05) is 105 Å². The lowest BCUT2D eigenvalue weighted by atomic mass is 10.00. The van der Waals surface area contributed by atoms with Crippen LogP contribution in [0.15, 0.2) is 121 Å². The first-order chi connectivity index (χ1) is 39.3. The number of hydrogen-bond donors (Lipinski definition) is 0. The van der Waals surface area contributed by atoms with Crippen molar-refractivity contribution in [3.05, 3.63) is 144 Å². The van der Waals surface area contributed by atoms with E-state index in [0.717, 1.165) is 80.8 Å². The van der Waals surface area contributed by atoms with Gasteiger partial charge in [-0.25, -0.2) is 45.8 Å². The Kier molecular flexibility index (Phi) is 21.8. The number of carbonyl (C=O) groups is 2. The summed E-state index contributed by atoms with van der Waals surface area (Å²) in [6.45, 7) is 22.6. The average Bonchev–Trinajstić information content (AvgIpc) is 4.17. The van der Waals surface area contributed by atoms with Crippen molar-refractivity contribution in [1.82, 2.24) is 38.7 Å². The Hall–Kier alpha value is -7.23. The van der Waals surface area contributed by atoms with Crippen molar-refractivity contribution >= 4 is 75.1 Å². The van der Waals surface area contributed by atoms with Crippen molar-refractivity contribution in [1.29, 1.82) is 0 Å². The number of piperidine rings is 1. The maximum Gasteiger partial charge on any atom is 0.357 e. The molecule has 2 saturated heterocycles. The second-order valence-corrected chi connectivity index (χ2v) is 24.7. The number of halogens is 1. The van der Waals surface area contributed by atoms with Crippen LogP contribution in [0.3, 0.4) is 0 Å². The monoisotopic (exact) mass is 1170 g/mol. The SMILES string of the molecule is CCN(CC)CC.CCOC(=O)c1cc(-c2ccc(N3CCCCC3)cc2)c2c(C)nn(-c3ccccc3)c2n1.CCOC(=O)c1cc(-c2ccc(N3CCN(S(C)(=O)=O)CC3)cc2)c2c(C)nn(-c3ccccc3)c2n1.CS(=O)(=O)Cl. The van der Waals surface area contributed by atoms with Crippen molar-refractivity contribution < 1.29 is 35.9 Å². The van der Waals surface area contributed by atoms with Crippen molar-refractivity contribution in [2.45, 2.75) is 67.7 Å². The fourth-order valence-corrected chi connectivity index (χ4v) is 10.8. The number of aryl methyl sites for hydroxylation is 2. The quantitative estimate of drug-likeness (QED) is 0.0736. The third-order valence-electron chi connectivity index (χ3n) is 14.1. The molecule has 0 amide bonds. The van der Waals surface area contributed by atoms with Crippen LogP contribution in [0.25, 0.3) is 55.7 Å². The number of hydrogen-bond acceptors (Lipinski definition) is 15. The number of sulfonamides is 1. The van der Waals surface area contributed by atoms with E-state index in [1.54, 1.807) is 29.3 Å². The number of fused-ring (bicyclic) bond motifs is 2. The molecule has 0 unspecified atom stereocenters. The fraction of sp³-hybridized carbons (Fsp3) is 0.377. The lowest BCUT2D eigenvalue weighted by molar-refractivity contribution is 0.0510. The van der Waals surface area contributed by atoms with Crippen LogP contribution in [0.4, 0.5) is 11.4 Å². The molecular formula is C61H75ClN10O8S2. The molecule has 4 aromatic carbocycles. The van der Waals surface area contributed by atoms with E-state index in [9.17, 15) is 26.4 Å². The number of aromatic nitrogens is 6. The number of piperazine rings is 1. The van der Waals surface area contributed by atoms with Gasteiger partial charge < -0.3 is 24.2 Å². The molecule has 4 aromatic heterocycles. The maximum absolute atomic E-state index is 12.7. The van der Waals surface area contributed by atoms with Gasteiger partial charge in [-0.1, -0.05) is 81.4 Å². The zero-order valence-electron chi connectivity index (χ0n) is 48.4. The predicted molar refractivity (Wildman–Crippen MR) is 329 cm³/mol. The first-order valence-corrected chi connectivity index (χ1v) is 32.4. The number of rotatable bonds is 14. The summed E-state index contributed by atoms with van der Waals surface area (Å²) in [7, 11) is -1.87. The second-order valence-electron chi connectivity index (χ2n) is 19.7. The first kappa shape index (κ1) is 62.4. The van der Waals surface area contributed by atoms with Crippen molar-refractivity contribution in [2.75, 3.05) is 94.4 Å². The molecule has 10 rings (SSSR count). The lowest BCUT2D eigenvalue weighted by Gasteiger charge is -2.34. The van der Waals surface area contributed by atoms with Gasteiger partial charge in [-0.2, -0.15) is 14.5 Å². The summed E-state index contributed by atoms with van der Waals surface area (Å²) in [5.41, 5.74) is 11.2. The highest BCUT2D eigenvalue weighted by Gasteiger charge is 2.26. The van der Waals surface area contributed by atoms with E-state index in [1.165, 1.54) is 55.1 Å². The van der Waals surface area contributed by atoms with Crippen LogP contribution >= 0.6 is 10.7 Å². The molecule has 2 fully saturated rings. The van der Waals surface area contributed by atoms with Gasteiger partial charge >= 0.3 is 11.9 Å². The first-order valence-electron chi connectivity index (χ1n) is 27.8. The minimum absolute atomic E-state index is 0.224. The predicted octanol–water partition coefficient (Wildman–Crippen LogP) is 10.8. The molecule has 436 valence electrons. The molecule has 6 heterocycles. The van der Waals surface area contributed by atoms with E-state index in [4.69, 9.17) is 19.7 Å².